The van der Waals surface area contributed by atoms with Crippen LogP contribution in [-0.4, -0.2) is 29.6 Å². The zero-order chi connectivity index (χ0) is 15.0. The second-order valence-corrected chi connectivity index (χ2v) is 6.94. The Labute approximate surface area is 127 Å². The Morgan fingerprint density at radius 2 is 1.95 bits per heavy atom. The van der Waals surface area contributed by atoms with E-state index in [1.807, 2.05) is 0 Å². The van der Waals surface area contributed by atoms with Crippen molar-refractivity contribution >= 4 is 0 Å². The Hall–Kier alpha value is -0.0800. The van der Waals surface area contributed by atoms with Gasteiger partial charge >= 0.3 is 0 Å². The van der Waals surface area contributed by atoms with E-state index in [0.29, 0.717) is 6.04 Å². The molecule has 3 atom stereocenters. The molecule has 1 rings (SSSR count). The lowest BCUT2D eigenvalue weighted by Crippen LogP contribution is -2.57. The molecule has 0 aromatic rings. The van der Waals surface area contributed by atoms with E-state index >= 15 is 0 Å². The maximum Gasteiger partial charge on any atom is 0.0334 e. The number of nitrogens with zero attached hydrogens (tertiary/aromatic N) is 1. The number of rotatable bonds is 8. The summed E-state index contributed by atoms with van der Waals surface area (Å²) in [5.74, 6) is 0.938. The van der Waals surface area contributed by atoms with Gasteiger partial charge in [-0.05, 0) is 51.5 Å². The van der Waals surface area contributed by atoms with E-state index in [-0.39, 0.29) is 5.54 Å². The lowest BCUT2D eigenvalue weighted by Gasteiger charge is -2.47. The molecule has 0 spiro atoms. The summed E-state index contributed by atoms with van der Waals surface area (Å²) in [5, 5.41) is 0. The van der Waals surface area contributed by atoms with E-state index in [1.54, 1.807) is 0 Å². The minimum absolute atomic E-state index is 0.286. The van der Waals surface area contributed by atoms with Crippen molar-refractivity contribution < 1.29 is 0 Å². The van der Waals surface area contributed by atoms with Crippen LogP contribution >= 0.6 is 0 Å². The molecule has 20 heavy (non-hydrogen) atoms. The fourth-order valence-corrected chi connectivity index (χ4v) is 3.95. The van der Waals surface area contributed by atoms with Crippen molar-refractivity contribution in [2.75, 3.05) is 13.1 Å². The Kier molecular flexibility index (Phi) is 8.13. The lowest BCUT2D eigenvalue weighted by atomic mass is 9.85. The van der Waals surface area contributed by atoms with Crippen molar-refractivity contribution in [2.45, 2.75) is 97.1 Å². The third-order valence-corrected chi connectivity index (χ3v) is 5.71. The minimum Gasteiger partial charge on any atom is -0.329 e. The molecule has 1 aliphatic carbocycles. The first kappa shape index (κ1) is 18.0. The van der Waals surface area contributed by atoms with Gasteiger partial charge in [-0.1, -0.05) is 46.5 Å². The summed E-state index contributed by atoms with van der Waals surface area (Å²) in [6.45, 7) is 11.4. The molecule has 2 heteroatoms. The largest absolute Gasteiger partial charge is 0.329 e. The molecule has 1 fully saturated rings. The SMILES string of the molecule is CCCCN(C(C)CC)C1(CN)CCCC(CC)CC1. The van der Waals surface area contributed by atoms with Crippen molar-refractivity contribution in [3.05, 3.63) is 0 Å². The van der Waals surface area contributed by atoms with Gasteiger partial charge in [0.15, 0.2) is 0 Å². The number of hydrogen-bond donors (Lipinski definition) is 1. The summed E-state index contributed by atoms with van der Waals surface area (Å²) < 4.78 is 0. The summed E-state index contributed by atoms with van der Waals surface area (Å²) in [6.07, 6.45) is 12.0. The molecule has 3 unspecified atom stereocenters. The van der Waals surface area contributed by atoms with Crippen molar-refractivity contribution in [1.29, 1.82) is 0 Å². The van der Waals surface area contributed by atoms with Gasteiger partial charge in [0, 0.05) is 18.1 Å². The maximum atomic E-state index is 6.32. The number of unbranched alkanes of at least 4 members (excludes halogenated alkanes) is 1. The van der Waals surface area contributed by atoms with Crippen LogP contribution in [0.5, 0.6) is 0 Å². The molecule has 0 amide bonds. The van der Waals surface area contributed by atoms with Crippen molar-refractivity contribution in [3.63, 3.8) is 0 Å². The Bertz CT molecular complexity index is 254. The van der Waals surface area contributed by atoms with Gasteiger partial charge in [-0.2, -0.15) is 0 Å². The maximum absolute atomic E-state index is 6.32. The second kappa shape index (κ2) is 9.04. The molecule has 2 nitrogen and oxygen atoms in total. The second-order valence-electron chi connectivity index (χ2n) is 6.94. The average Bonchev–Trinajstić information content (AvgIpc) is 2.70. The van der Waals surface area contributed by atoms with Gasteiger partial charge in [0.25, 0.3) is 0 Å². The van der Waals surface area contributed by atoms with Crippen LogP contribution in [-0.2, 0) is 0 Å². The zero-order valence-corrected chi connectivity index (χ0v) is 14.5. The van der Waals surface area contributed by atoms with Gasteiger partial charge < -0.3 is 5.73 Å². The molecule has 0 aromatic heterocycles. The van der Waals surface area contributed by atoms with Gasteiger partial charge in [-0.25, -0.2) is 0 Å². The first-order chi connectivity index (χ1) is 9.63. The average molecular weight is 283 g/mol. The molecule has 0 aromatic carbocycles. The van der Waals surface area contributed by atoms with Crippen LogP contribution in [0.3, 0.4) is 0 Å². The van der Waals surface area contributed by atoms with E-state index in [2.05, 4.69) is 32.6 Å². The summed E-state index contributed by atoms with van der Waals surface area (Å²) in [4.78, 5) is 2.79. The van der Waals surface area contributed by atoms with Crippen LogP contribution < -0.4 is 5.73 Å². The van der Waals surface area contributed by atoms with Gasteiger partial charge in [0.1, 0.15) is 0 Å². The third kappa shape index (κ3) is 4.46. The molecular weight excluding hydrogens is 244 g/mol. The molecule has 0 heterocycles. The standard InChI is InChI=1S/C18H38N2/c1-5-8-14-20(16(4)6-2)18(15-19)12-9-10-17(7-3)11-13-18/h16-17H,5-15,19H2,1-4H3. The van der Waals surface area contributed by atoms with Crippen LogP contribution in [0.2, 0.25) is 0 Å². The van der Waals surface area contributed by atoms with Gasteiger partial charge in [0.2, 0.25) is 0 Å². The number of nitrogens with two attached hydrogens (primary N) is 1. The van der Waals surface area contributed by atoms with Crippen LogP contribution in [0.4, 0.5) is 0 Å². The molecular formula is C18H38N2. The highest BCUT2D eigenvalue weighted by Crippen LogP contribution is 2.37. The van der Waals surface area contributed by atoms with E-state index in [9.17, 15) is 0 Å². The molecule has 1 saturated carbocycles. The van der Waals surface area contributed by atoms with Crippen LogP contribution in [0.25, 0.3) is 0 Å². The van der Waals surface area contributed by atoms with E-state index in [4.69, 9.17) is 5.73 Å². The van der Waals surface area contributed by atoms with Crippen LogP contribution in [0, 0.1) is 5.92 Å². The predicted molar refractivity (Wildman–Crippen MR) is 90.0 cm³/mol. The fourth-order valence-electron chi connectivity index (χ4n) is 3.95. The summed E-state index contributed by atoms with van der Waals surface area (Å²) in [6, 6.07) is 0.670. The molecule has 1 aliphatic rings. The third-order valence-electron chi connectivity index (χ3n) is 5.71. The fraction of sp³-hybridized carbons (Fsp3) is 1.00. The molecule has 120 valence electrons. The van der Waals surface area contributed by atoms with Gasteiger partial charge in [-0.15, -0.1) is 0 Å². The van der Waals surface area contributed by atoms with Crippen LogP contribution in [0.1, 0.15) is 85.5 Å². The monoisotopic (exact) mass is 282 g/mol. The molecule has 0 bridgehead atoms. The van der Waals surface area contributed by atoms with Crippen LogP contribution in [0.15, 0.2) is 0 Å². The highest BCUT2D eigenvalue weighted by Gasteiger charge is 2.38. The lowest BCUT2D eigenvalue weighted by molar-refractivity contribution is 0.0372. The van der Waals surface area contributed by atoms with Crippen molar-refractivity contribution in [3.8, 4) is 0 Å². The van der Waals surface area contributed by atoms with Crippen molar-refractivity contribution in [1.82, 2.24) is 4.90 Å². The molecule has 0 saturated heterocycles. The normalized spacial score (nSPS) is 29.4. The smallest absolute Gasteiger partial charge is 0.0334 e. The summed E-state index contributed by atoms with van der Waals surface area (Å²) in [5.41, 5.74) is 6.60. The van der Waals surface area contributed by atoms with E-state index in [1.165, 1.54) is 64.3 Å². The zero-order valence-electron chi connectivity index (χ0n) is 14.5. The van der Waals surface area contributed by atoms with E-state index in [0.717, 1.165) is 12.5 Å². The molecule has 2 N–H and O–H groups in total. The summed E-state index contributed by atoms with van der Waals surface area (Å²) >= 11 is 0. The highest BCUT2D eigenvalue weighted by molar-refractivity contribution is 4.96. The molecule has 0 radical (unpaired) electrons. The van der Waals surface area contributed by atoms with Gasteiger partial charge in [-0.3, -0.25) is 4.90 Å². The Balaban J connectivity index is 2.85. The highest BCUT2D eigenvalue weighted by atomic mass is 15.2. The minimum atomic E-state index is 0.286. The quantitative estimate of drug-likeness (QED) is 0.661. The Morgan fingerprint density at radius 1 is 1.20 bits per heavy atom. The van der Waals surface area contributed by atoms with Crippen molar-refractivity contribution in [2.24, 2.45) is 11.7 Å². The Morgan fingerprint density at radius 3 is 2.50 bits per heavy atom. The number of hydrogen-bond acceptors (Lipinski definition) is 2. The van der Waals surface area contributed by atoms with E-state index < -0.39 is 0 Å². The first-order valence-corrected chi connectivity index (χ1v) is 9.10. The topological polar surface area (TPSA) is 29.3 Å². The molecule has 0 aliphatic heterocycles. The first-order valence-electron chi connectivity index (χ1n) is 9.10. The predicted octanol–water partition coefficient (Wildman–Crippen LogP) is 4.57. The summed E-state index contributed by atoms with van der Waals surface area (Å²) in [7, 11) is 0. The van der Waals surface area contributed by atoms with Gasteiger partial charge in [0.05, 0.1) is 0 Å².